The predicted molar refractivity (Wildman–Crippen MR) is 124 cm³/mol. The number of nitrogens with one attached hydrogen (secondary N) is 1. The summed E-state index contributed by atoms with van der Waals surface area (Å²) in [5.74, 6) is -0.609. The molecule has 0 radical (unpaired) electrons. The lowest BCUT2D eigenvalue weighted by atomic mass is 9.86. The van der Waals surface area contributed by atoms with Crippen molar-refractivity contribution in [2.24, 2.45) is 5.92 Å². The molecule has 0 bridgehead atoms. The normalized spacial score (nSPS) is 24.8. The molecule has 2 amide bonds. The Morgan fingerprint density at radius 3 is 2.52 bits per heavy atom. The summed E-state index contributed by atoms with van der Waals surface area (Å²) in [6, 6.07) is 8.28. The number of ether oxygens (including phenoxy) is 1. The number of fused-ring (bicyclic) bond motifs is 1. The van der Waals surface area contributed by atoms with Crippen LogP contribution in [0.2, 0.25) is 5.02 Å². The molecule has 1 atom stereocenters. The minimum absolute atomic E-state index is 0.0437. The molecule has 9 heteroatoms. The van der Waals surface area contributed by atoms with E-state index in [4.69, 9.17) is 16.3 Å². The molecule has 1 N–H and O–H groups in total. The van der Waals surface area contributed by atoms with Gasteiger partial charge in [0.2, 0.25) is 5.91 Å². The third kappa shape index (κ3) is 4.49. The van der Waals surface area contributed by atoms with Crippen LogP contribution < -0.4 is 10.2 Å². The lowest BCUT2D eigenvalue weighted by Crippen LogP contribution is -2.65. The van der Waals surface area contributed by atoms with E-state index in [9.17, 15) is 14.4 Å². The third-order valence-electron chi connectivity index (χ3n) is 6.56. The maximum absolute atomic E-state index is 13.7. The summed E-state index contributed by atoms with van der Waals surface area (Å²) in [7, 11) is 0. The molecule has 1 saturated carbocycles. The van der Waals surface area contributed by atoms with Gasteiger partial charge >= 0.3 is 5.97 Å². The van der Waals surface area contributed by atoms with Crippen molar-refractivity contribution in [2.75, 3.05) is 11.5 Å². The largest absolute Gasteiger partial charge is 0.461 e. The third-order valence-corrected chi connectivity index (χ3v) is 6.81. The van der Waals surface area contributed by atoms with Crippen molar-refractivity contribution in [3.63, 3.8) is 0 Å². The Hall–Kier alpha value is -2.87. The maximum Gasteiger partial charge on any atom is 0.358 e. The zero-order valence-corrected chi connectivity index (χ0v) is 19.9. The van der Waals surface area contributed by atoms with Crippen molar-refractivity contribution in [3.8, 4) is 0 Å². The number of anilines is 1. The van der Waals surface area contributed by atoms with E-state index in [1.807, 2.05) is 0 Å². The molecular weight excluding hydrogens is 444 g/mol. The molecule has 2 aromatic rings. The van der Waals surface area contributed by atoms with Crippen molar-refractivity contribution in [2.45, 2.75) is 64.6 Å². The number of amides is 2. The first kappa shape index (κ1) is 23.3. The molecule has 1 unspecified atom stereocenters. The Bertz CT molecular complexity index is 1060. The number of nitrogens with zero attached hydrogens (tertiary/aromatic N) is 3. The van der Waals surface area contributed by atoms with Crippen molar-refractivity contribution >= 4 is 35.1 Å². The van der Waals surface area contributed by atoms with E-state index in [-0.39, 0.29) is 36.5 Å². The van der Waals surface area contributed by atoms with E-state index in [2.05, 4.69) is 17.3 Å². The molecule has 1 fully saturated rings. The fourth-order valence-corrected chi connectivity index (χ4v) is 4.75. The quantitative estimate of drug-likeness (QED) is 0.667. The molecule has 0 spiro atoms. The zero-order valence-electron chi connectivity index (χ0n) is 19.1. The maximum atomic E-state index is 13.7. The standard InChI is InChI=1S/C24H29ClN4O4/c1-4-33-22(31)19-13-20-21(30)29(18-11-7-16(25)8-12-18)24(3,14-28(20)27-19)23(32)26-17-9-5-15(2)6-10-17/h7-8,11-13,15,17H,4-6,9-10,14H2,1-3H3,(H,26,32). The van der Waals surface area contributed by atoms with Gasteiger partial charge in [-0.15, -0.1) is 0 Å². The predicted octanol–water partition coefficient (Wildman–Crippen LogP) is 3.83. The first-order valence-electron chi connectivity index (χ1n) is 11.4. The highest BCUT2D eigenvalue weighted by molar-refractivity contribution is 6.30. The van der Waals surface area contributed by atoms with E-state index in [1.165, 1.54) is 15.6 Å². The second-order valence-electron chi connectivity index (χ2n) is 9.11. The average molecular weight is 473 g/mol. The van der Waals surface area contributed by atoms with Gasteiger partial charge in [-0.05, 0) is 69.7 Å². The van der Waals surface area contributed by atoms with Gasteiger partial charge in [-0.3, -0.25) is 19.2 Å². The lowest BCUT2D eigenvalue weighted by Gasteiger charge is -2.44. The molecule has 1 aliphatic heterocycles. The molecular formula is C24H29ClN4O4. The Labute approximate surface area is 198 Å². The summed E-state index contributed by atoms with van der Waals surface area (Å²) < 4.78 is 6.47. The van der Waals surface area contributed by atoms with E-state index < -0.39 is 17.4 Å². The van der Waals surface area contributed by atoms with E-state index in [0.717, 1.165) is 25.7 Å². The summed E-state index contributed by atoms with van der Waals surface area (Å²) in [5, 5.41) is 7.99. The van der Waals surface area contributed by atoms with Gasteiger partial charge < -0.3 is 10.1 Å². The number of hydrogen-bond donors (Lipinski definition) is 1. The monoisotopic (exact) mass is 472 g/mol. The SMILES string of the molecule is CCOC(=O)c1cc2n(n1)CC(C)(C(=O)NC1CCC(C)CC1)N(c1ccc(Cl)cc1)C2=O. The molecule has 0 saturated heterocycles. The van der Waals surface area contributed by atoms with Crippen molar-refractivity contribution in [1.29, 1.82) is 0 Å². The molecule has 33 heavy (non-hydrogen) atoms. The molecule has 2 heterocycles. The van der Waals surface area contributed by atoms with Crippen LogP contribution in [0.1, 0.15) is 67.4 Å². The number of carbonyl (C=O) groups is 3. The fourth-order valence-electron chi connectivity index (χ4n) is 4.63. The Kier molecular flexibility index (Phi) is 6.47. The molecule has 4 rings (SSSR count). The van der Waals surface area contributed by atoms with Gasteiger partial charge in [-0.25, -0.2) is 4.79 Å². The summed E-state index contributed by atoms with van der Waals surface area (Å²) in [6.45, 7) is 5.96. The van der Waals surface area contributed by atoms with Gasteiger partial charge in [0.25, 0.3) is 5.91 Å². The van der Waals surface area contributed by atoms with Crippen LogP contribution in [0.3, 0.4) is 0 Å². The van der Waals surface area contributed by atoms with Crippen LogP contribution in [-0.2, 0) is 16.1 Å². The number of hydrogen-bond acceptors (Lipinski definition) is 5. The van der Waals surface area contributed by atoms with Crippen LogP contribution in [0.4, 0.5) is 5.69 Å². The highest BCUT2D eigenvalue weighted by Gasteiger charge is 2.49. The van der Waals surface area contributed by atoms with Gasteiger partial charge in [0.1, 0.15) is 11.2 Å². The summed E-state index contributed by atoms with van der Waals surface area (Å²) in [6.07, 6.45) is 3.96. The smallest absolute Gasteiger partial charge is 0.358 e. The number of aromatic nitrogens is 2. The number of halogens is 1. The highest BCUT2D eigenvalue weighted by atomic mass is 35.5. The first-order valence-corrected chi connectivity index (χ1v) is 11.8. The van der Waals surface area contributed by atoms with Crippen molar-refractivity contribution in [1.82, 2.24) is 15.1 Å². The van der Waals surface area contributed by atoms with Crippen LogP contribution in [-0.4, -0.2) is 45.8 Å². The van der Waals surface area contributed by atoms with Crippen molar-refractivity contribution in [3.05, 3.63) is 46.7 Å². The van der Waals surface area contributed by atoms with Gasteiger partial charge in [0.05, 0.1) is 13.2 Å². The minimum Gasteiger partial charge on any atom is -0.461 e. The van der Waals surface area contributed by atoms with Gasteiger partial charge in [-0.1, -0.05) is 18.5 Å². The Balaban J connectivity index is 1.71. The number of benzene rings is 1. The zero-order chi connectivity index (χ0) is 23.8. The summed E-state index contributed by atoms with van der Waals surface area (Å²) in [4.78, 5) is 41.0. The summed E-state index contributed by atoms with van der Waals surface area (Å²) in [5.41, 5.74) is -0.435. The minimum atomic E-state index is -1.25. The Morgan fingerprint density at radius 1 is 1.21 bits per heavy atom. The van der Waals surface area contributed by atoms with Crippen LogP contribution in [0.5, 0.6) is 0 Å². The first-order chi connectivity index (χ1) is 15.7. The van der Waals surface area contributed by atoms with Crippen LogP contribution in [0.15, 0.2) is 30.3 Å². The van der Waals surface area contributed by atoms with Crippen LogP contribution in [0, 0.1) is 5.92 Å². The molecule has 1 aliphatic carbocycles. The molecule has 8 nitrogen and oxygen atoms in total. The molecule has 1 aromatic heterocycles. The molecule has 1 aromatic carbocycles. The molecule has 176 valence electrons. The van der Waals surface area contributed by atoms with Crippen molar-refractivity contribution < 1.29 is 19.1 Å². The average Bonchev–Trinajstić information content (AvgIpc) is 3.21. The topological polar surface area (TPSA) is 93.5 Å². The fraction of sp³-hybridized carbons (Fsp3) is 0.500. The number of esters is 1. The second kappa shape index (κ2) is 9.17. The Morgan fingerprint density at radius 2 is 1.88 bits per heavy atom. The molecule has 2 aliphatic rings. The van der Waals surface area contributed by atoms with Gasteiger partial charge in [-0.2, -0.15) is 5.10 Å². The van der Waals surface area contributed by atoms with Crippen LogP contribution in [0.25, 0.3) is 0 Å². The van der Waals surface area contributed by atoms with E-state index in [0.29, 0.717) is 16.6 Å². The van der Waals surface area contributed by atoms with Crippen LogP contribution >= 0.6 is 11.6 Å². The van der Waals surface area contributed by atoms with E-state index >= 15 is 0 Å². The second-order valence-corrected chi connectivity index (χ2v) is 9.55. The van der Waals surface area contributed by atoms with Gasteiger partial charge in [0.15, 0.2) is 5.69 Å². The highest BCUT2D eigenvalue weighted by Crippen LogP contribution is 2.34. The lowest BCUT2D eigenvalue weighted by molar-refractivity contribution is -0.127. The number of rotatable bonds is 5. The van der Waals surface area contributed by atoms with E-state index in [1.54, 1.807) is 38.1 Å². The number of carbonyl (C=O) groups excluding carboxylic acids is 3. The van der Waals surface area contributed by atoms with Gasteiger partial charge in [0, 0.05) is 22.8 Å². The summed E-state index contributed by atoms with van der Waals surface area (Å²) >= 11 is 6.06.